The fourth-order valence-electron chi connectivity index (χ4n) is 2.72. The van der Waals surface area contributed by atoms with E-state index in [0.717, 1.165) is 12.8 Å². The second-order valence-electron chi connectivity index (χ2n) is 6.34. The van der Waals surface area contributed by atoms with Gasteiger partial charge in [-0.2, -0.15) is 0 Å². The van der Waals surface area contributed by atoms with Crippen LogP contribution in [0, 0.1) is 0 Å². The summed E-state index contributed by atoms with van der Waals surface area (Å²) in [5.74, 6) is 0.910. The van der Waals surface area contributed by atoms with Gasteiger partial charge in [0.05, 0.1) is 18.1 Å². The van der Waals surface area contributed by atoms with Crippen molar-refractivity contribution in [2.24, 2.45) is 0 Å². The predicted molar refractivity (Wildman–Crippen MR) is 108 cm³/mol. The highest BCUT2D eigenvalue weighted by atomic mass is 32.2. The summed E-state index contributed by atoms with van der Waals surface area (Å²) in [4.78, 5) is 13.2. The molecule has 1 amide bonds. The Morgan fingerprint density at radius 3 is 2.71 bits per heavy atom. The van der Waals surface area contributed by atoms with E-state index in [0.29, 0.717) is 37.7 Å². The van der Waals surface area contributed by atoms with Crippen LogP contribution in [0.15, 0.2) is 40.6 Å². The normalized spacial score (nSPS) is 13.7. The van der Waals surface area contributed by atoms with Gasteiger partial charge in [-0.15, -0.1) is 11.3 Å². The molecule has 0 bridgehead atoms. The molecule has 2 aromatic rings. The summed E-state index contributed by atoms with van der Waals surface area (Å²) in [6.07, 6.45) is 2.26. The molecule has 2 heterocycles. The highest BCUT2D eigenvalue weighted by Gasteiger charge is 2.18. The van der Waals surface area contributed by atoms with Crippen LogP contribution in [0.3, 0.4) is 0 Å². The number of ether oxygens (including phenoxy) is 2. The maximum Gasteiger partial charge on any atom is 0.240 e. The molecule has 1 aromatic carbocycles. The van der Waals surface area contributed by atoms with Gasteiger partial charge in [0.2, 0.25) is 15.9 Å². The molecule has 1 aliphatic rings. The Morgan fingerprint density at radius 2 is 1.93 bits per heavy atom. The number of fused-ring (bicyclic) bond motifs is 1. The molecule has 0 saturated carbocycles. The van der Waals surface area contributed by atoms with E-state index in [2.05, 4.69) is 10.0 Å². The van der Waals surface area contributed by atoms with Crippen molar-refractivity contribution in [2.45, 2.75) is 30.6 Å². The lowest BCUT2D eigenvalue weighted by Crippen LogP contribution is -2.28. The van der Waals surface area contributed by atoms with Crippen molar-refractivity contribution in [3.63, 3.8) is 0 Å². The van der Waals surface area contributed by atoms with Crippen molar-refractivity contribution >= 4 is 27.3 Å². The Bertz CT molecular complexity index is 882. The minimum Gasteiger partial charge on any atom is -0.490 e. The zero-order valence-corrected chi connectivity index (χ0v) is 17.1. The first-order valence-corrected chi connectivity index (χ1v) is 11.6. The number of sulfonamides is 1. The van der Waals surface area contributed by atoms with Crippen molar-refractivity contribution in [3.8, 4) is 11.5 Å². The van der Waals surface area contributed by atoms with Crippen molar-refractivity contribution in [1.29, 1.82) is 0 Å². The molecular formula is C19H24N2O5S2. The average Bonchev–Trinajstić information content (AvgIpc) is 3.08. The van der Waals surface area contributed by atoms with E-state index in [1.165, 1.54) is 17.0 Å². The molecule has 7 nitrogen and oxygen atoms in total. The van der Waals surface area contributed by atoms with E-state index < -0.39 is 10.0 Å². The summed E-state index contributed by atoms with van der Waals surface area (Å²) >= 11 is 1.66. The number of nitrogens with one attached hydrogen (secondary N) is 2. The average molecular weight is 425 g/mol. The standard InChI is InChI=1S/C19H24N2O5S2/c22-19(20-10-8-15-4-2-13-27-15)5-1-9-21-28(23,24)16-6-7-17-18(14-16)26-12-3-11-25-17/h2,4,6-7,13-14,21H,1,3,5,8-12H2,(H,20,22). The third-order valence-electron chi connectivity index (χ3n) is 4.18. The van der Waals surface area contributed by atoms with Crippen LogP contribution in [0.25, 0.3) is 0 Å². The molecular weight excluding hydrogens is 400 g/mol. The third kappa shape index (κ3) is 5.95. The van der Waals surface area contributed by atoms with Gasteiger partial charge in [-0.1, -0.05) is 6.07 Å². The Balaban J connectivity index is 1.41. The van der Waals surface area contributed by atoms with Crippen LogP contribution in [0.4, 0.5) is 0 Å². The fraction of sp³-hybridized carbons (Fsp3) is 0.421. The SMILES string of the molecule is O=C(CCCNS(=O)(=O)c1ccc2c(c1)OCCCO2)NCCc1cccs1. The fourth-order valence-corrected chi connectivity index (χ4v) is 4.52. The molecule has 0 radical (unpaired) electrons. The molecule has 9 heteroatoms. The van der Waals surface area contributed by atoms with E-state index in [-0.39, 0.29) is 23.8 Å². The van der Waals surface area contributed by atoms with E-state index >= 15 is 0 Å². The highest BCUT2D eigenvalue weighted by molar-refractivity contribution is 7.89. The zero-order valence-electron chi connectivity index (χ0n) is 15.5. The molecule has 0 spiro atoms. The molecule has 1 aliphatic heterocycles. The largest absolute Gasteiger partial charge is 0.490 e. The Labute approximate surface area is 169 Å². The Kier molecular flexibility index (Phi) is 7.30. The number of carbonyl (C=O) groups excluding carboxylic acids is 1. The van der Waals surface area contributed by atoms with Gasteiger partial charge >= 0.3 is 0 Å². The lowest BCUT2D eigenvalue weighted by molar-refractivity contribution is -0.121. The van der Waals surface area contributed by atoms with Crippen LogP contribution in [0.5, 0.6) is 11.5 Å². The van der Waals surface area contributed by atoms with E-state index in [1.54, 1.807) is 17.4 Å². The van der Waals surface area contributed by atoms with Crippen LogP contribution in [-0.2, 0) is 21.2 Å². The lowest BCUT2D eigenvalue weighted by atomic mass is 10.3. The summed E-state index contributed by atoms with van der Waals surface area (Å²) in [5, 5.41) is 4.86. The molecule has 0 atom stereocenters. The molecule has 0 unspecified atom stereocenters. The maximum atomic E-state index is 12.4. The van der Waals surface area contributed by atoms with Gasteiger partial charge in [-0.05, 0) is 36.4 Å². The molecule has 28 heavy (non-hydrogen) atoms. The molecule has 1 aromatic heterocycles. The number of thiophene rings is 1. The number of hydrogen-bond donors (Lipinski definition) is 2. The van der Waals surface area contributed by atoms with Gasteiger partial charge in [0.25, 0.3) is 0 Å². The zero-order chi connectivity index (χ0) is 19.8. The molecule has 152 valence electrons. The first-order chi connectivity index (χ1) is 13.5. The lowest BCUT2D eigenvalue weighted by Gasteiger charge is -2.11. The molecule has 2 N–H and O–H groups in total. The first-order valence-electron chi connectivity index (χ1n) is 9.23. The Hall–Kier alpha value is -2.10. The highest BCUT2D eigenvalue weighted by Crippen LogP contribution is 2.31. The van der Waals surface area contributed by atoms with Gasteiger partial charge in [0, 0.05) is 36.9 Å². The van der Waals surface area contributed by atoms with Gasteiger partial charge < -0.3 is 14.8 Å². The Morgan fingerprint density at radius 1 is 1.11 bits per heavy atom. The third-order valence-corrected chi connectivity index (χ3v) is 6.57. The van der Waals surface area contributed by atoms with E-state index in [9.17, 15) is 13.2 Å². The molecule has 3 rings (SSSR count). The predicted octanol–water partition coefficient (Wildman–Crippen LogP) is 2.33. The van der Waals surface area contributed by atoms with Crippen molar-refractivity contribution in [2.75, 3.05) is 26.3 Å². The van der Waals surface area contributed by atoms with Gasteiger partial charge in [0.1, 0.15) is 0 Å². The first kappa shape index (κ1) is 20.6. The summed E-state index contributed by atoms with van der Waals surface area (Å²) in [5.41, 5.74) is 0. The second-order valence-corrected chi connectivity index (χ2v) is 9.14. The van der Waals surface area contributed by atoms with Crippen molar-refractivity contribution in [1.82, 2.24) is 10.0 Å². The van der Waals surface area contributed by atoms with Crippen molar-refractivity contribution < 1.29 is 22.7 Å². The number of carbonyl (C=O) groups is 1. The molecule has 0 saturated heterocycles. The quantitative estimate of drug-likeness (QED) is 0.603. The van der Waals surface area contributed by atoms with Gasteiger partial charge in [0.15, 0.2) is 11.5 Å². The number of hydrogen-bond acceptors (Lipinski definition) is 6. The van der Waals surface area contributed by atoms with Crippen LogP contribution in [0.1, 0.15) is 24.1 Å². The summed E-state index contributed by atoms with van der Waals surface area (Å²) in [7, 11) is -3.67. The summed E-state index contributed by atoms with van der Waals surface area (Å²) < 4.78 is 38.5. The number of benzene rings is 1. The van der Waals surface area contributed by atoms with Crippen LogP contribution < -0.4 is 19.5 Å². The van der Waals surface area contributed by atoms with Crippen molar-refractivity contribution in [3.05, 3.63) is 40.6 Å². The number of amides is 1. The summed E-state index contributed by atoms with van der Waals surface area (Å²) in [6.45, 7) is 1.82. The maximum absolute atomic E-state index is 12.4. The number of rotatable bonds is 9. The molecule has 0 aliphatic carbocycles. The van der Waals surface area contributed by atoms with Crippen LogP contribution in [-0.4, -0.2) is 40.6 Å². The minimum absolute atomic E-state index is 0.0775. The minimum atomic E-state index is -3.67. The molecule has 0 fully saturated rings. The van der Waals surface area contributed by atoms with E-state index in [1.807, 2.05) is 17.5 Å². The van der Waals surface area contributed by atoms with Crippen LogP contribution >= 0.6 is 11.3 Å². The topological polar surface area (TPSA) is 93.7 Å². The monoisotopic (exact) mass is 424 g/mol. The summed E-state index contributed by atoms with van der Waals surface area (Å²) in [6, 6.07) is 8.59. The van der Waals surface area contributed by atoms with Crippen LogP contribution in [0.2, 0.25) is 0 Å². The second kappa shape index (κ2) is 9.90. The van der Waals surface area contributed by atoms with E-state index in [4.69, 9.17) is 9.47 Å². The van der Waals surface area contributed by atoms with Gasteiger partial charge in [-0.25, -0.2) is 13.1 Å². The smallest absolute Gasteiger partial charge is 0.240 e. The van der Waals surface area contributed by atoms with Gasteiger partial charge in [-0.3, -0.25) is 4.79 Å².